The van der Waals surface area contributed by atoms with Crippen LogP contribution >= 0.6 is 15.9 Å². The third-order valence-corrected chi connectivity index (χ3v) is 3.33. The van der Waals surface area contributed by atoms with Crippen LogP contribution in [0, 0.1) is 12.7 Å². The van der Waals surface area contributed by atoms with E-state index in [4.69, 9.17) is 10.5 Å². The van der Waals surface area contributed by atoms with Gasteiger partial charge in [0.25, 0.3) is 0 Å². The molecule has 2 aromatic carbocycles. The first-order valence-corrected chi connectivity index (χ1v) is 6.76. The van der Waals surface area contributed by atoms with Crippen molar-refractivity contribution in [2.75, 3.05) is 0 Å². The molecule has 0 bridgehead atoms. The molecule has 0 spiro atoms. The van der Waals surface area contributed by atoms with Gasteiger partial charge in [0, 0.05) is 16.1 Å². The number of rotatable bonds is 3. The van der Waals surface area contributed by atoms with Gasteiger partial charge < -0.3 is 10.5 Å². The number of hydrogen-bond acceptors (Lipinski definition) is 2. The van der Waals surface area contributed by atoms with Crippen molar-refractivity contribution in [1.29, 1.82) is 0 Å². The summed E-state index contributed by atoms with van der Waals surface area (Å²) in [6.07, 6.45) is 0. The number of nitrogens with two attached hydrogens (primary N) is 1. The van der Waals surface area contributed by atoms with Crippen molar-refractivity contribution in [2.24, 2.45) is 5.73 Å². The van der Waals surface area contributed by atoms with E-state index in [1.807, 2.05) is 19.1 Å². The fourth-order valence-electron chi connectivity index (χ4n) is 1.83. The summed E-state index contributed by atoms with van der Waals surface area (Å²) in [5, 5.41) is 0. The summed E-state index contributed by atoms with van der Waals surface area (Å²) < 4.78 is 20.6. The first kappa shape index (κ1) is 14.0. The summed E-state index contributed by atoms with van der Waals surface area (Å²) in [7, 11) is 0. The Bertz CT molecular complexity index is 599. The minimum Gasteiger partial charge on any atom is -0.454 e. The second-order valence-electron chi connectivity index (χ2n) is 4.46. The van der Waals surface area contributed by atoms with Gasteiger partial charge in [0.05, 0.1) is 0 Å². The second-order valence-corrected chi connectivity index (χ2v) is 5.37. The SMILES string of the molecule is Cc1cc(Br)ccc1Oc1c(F)cccc1[C@H](C)N. The molecular weight excluding hydrogens is 309 g/mol. The molecule has 0 unspecified atom stereocenters. The summed E-state index contributed by atoms with van der Waals surface area (Å²) in [4.78, 5) is 0. The summed E-state index contributed by atoms with van der Waals surface area (Å²) in [6.45, 7) is 3.71. The molecule has 2 nitrogen and oxygen atoms in total. The van der Waals surface area contributed by atoms with Crippen LogP contribution in [0.15, 0.2) is 40.9 Å². The van der Waals surface area contributed by atoms with Crippen LogP contribution in [-0.4, -0.2) is 0 Å². The lowest BCUT2D eigenvalue weighted by atomic mass is 10.1. The highest BCUT2D eigenvalue weighted by Crippen LogP contribution is 2.33. The largest absolute Gasteiger partial charge is 0.454 e. The van der Waals surface area contributed by atoms with E-state index in [1.54, 1.807) is 25.1 Å². The Labute approximate surface area is 120 Å². The standard InChI is InChI=1S/C15H15BrFNO/c1-9-8-11(16)6-7-14(9)19-15-12(10(2)18)4-3-5-13(15)17/h3-8,10H,18H2,1-2H3/t10-/m0/s1. The highest BCUT2D eigenvalue weighted by atomic mass is 79.9. The fraction of sp³-hybridized carbons (Fsp3) is 0.200. The van der Waals surface area contributed by atoms with E-state index in [1.165, 1.54) is 6.07 Å². The maximum Gasteiger partial charge on any atom is 0.167 e. The van der Waals surface area contributed by atoms with E-state index in [2.05, 4.69) is 15.9 Å². The van der Waals surface area contributed by atoms with Gasteiger partial charge in [-0.2, -0.15) is 0 Å². The Hall–Kier alpha value is -1.39. The Morgan fingerprint density at radius 1 is 1.26 bits per heavy atom. The van der Waals surface area contributed by atoms with Crippen LogP contribution in [-0.2, 0) is 0 Å². The summed E-state index contributed by atoms with van der Waals surface area (Å²) in [6, 6.07) is 10.1. The highest BCUT2D eigenvalue weighted by Gasteiger charge is 2.14. The van der Waals surface area contributed by atoms with Crippen LogP contribution < -0.4 is 10.5 Å². The van der Waals surface area contributed by atoms with Crippen molar-refractivity contribution in [3.8, 4) is 11.5 Å². The van der Waals surface area contributed by atoms with Gasteiger partial charge in [-0.15, -0.1) is 0 Å². The predicted octanol–water partition coefficient (Wildman–Crippen LogP) is 4.71. The lowest BCUT2D eigenvalue weighted by Gasteiger charge is -2.15. The van der Waals surface area contributed by atoms with Crippen molar-refractivity contribution in [3.05, 3.63) is 57.8 Å². The van der Waals surface area contributed by atoms with Gasteiger partial charge >= 0.3 is 0 Å². The molecule has 0 aliphatic rings. The number of aryl methyl sites for hydroxylation is 1. The van der Waals surface area contributed by atoms with E-state index in [9.17, 15) is 4.39 Å². The zero-order valence-corrected chi connectivity index (χ0v) is 12.4. The van der Waals surface area contributed by atoms with Crippen molar-refractivity contribution < 1.29 is 9.13 Å². The number of halogens is 2. The third kappa shape index (κ3) is 3.14. The number of hydrogen-bond donors (Lipinski definition) is 1. The molecule has 0 radical (unpaired) electrons. The van der Waals surface area contributed by atoms with Crippen molar-refractivity contribution in [3.63, 3.8) is 0 Å². The average molecular weight is 324 g/mol. The van der Waals surface area contributed by atoms with Gasteiger partial charge in [0.2, 0.25) is 0 Å². The molecule has 100 valence electrons. The molecule has 0 aromatic heterocycles. The molecule has 0 aliphatic carbocycles. The Morgan fingerprint density at radius 2 is 2.00 bits per heavy atom. The molecule has 2 rings (SSSR count). The fourth-order valence-corrected chi connectivity index (χ4v) is 2.30. The smallest absolute Gasteiger partial charge is 0.167 e. The van der Waals surface area contributed by atoms with E-state index in [0.717, 1.165) is 10.0 Å². The molecule has 0 saturated heterocycles. The Morgan fingerprint density at radius 3 is 2.63 bits per heavy atom. The van der Waals surface area contributed by atoms with Crippen molar-refractivity contribution in [2.45, 2.75) is 19.9 Å². The zero-order chi connectivity index (χ0) is 14.0. The summed E-state index contributed by atoms with van der Waals surface area (Å²) >= 11 is 3.38. The van der Waals surface area contributed by atoms with Crippen LogP contribution in [0.4, 0.5) is 4.39 Å². The monoisotopic (exact) mass is 323 g/mol. The van der Waals surface area contributed by atoms with E-state index >= 15 is 0 Å². The molecule has 2 aromatic rings. The average Bonchev–Trinajstić information content (AvgIpc) is 2.34. The normalized spacial score (nSPS) is 12.3. The van der Waals surface area contributed by atoms with Gasteiger partial charge in [0.1, 0.15) is 5.75 Å². The molecule has 19 heavy (non-hydrogen) atoms. The first-order valence-electron chi connectivity index (χ1n) is 5.97. The van der Waals surface area contributed by atoms with Crippen molar-refractivity contribution in [1.82, 2.24) is 0 Å². The van der Waals surface area contributed by atoms with Gasteiger partial charge in [-0.1, -0.05) is 28.1 Å². The third-order valence-electron chi connectivity index (χ3n) is 2.84. The van der Waals surface area contributed by atoms with Gasteiger partial charge in [-0.3, -0.25) is 0 Å². The molecule has 0 fully saturated rings. The molecule has 1 atom stereocenters. The molecule has 0 aliphatic heterocycles. The van der Waals surface area contributed by atoms with Crippen LogP contribution in [0.2, 0.25) is 0 Å². The predicted molar refractivity (Wildman–Crippen MR) is 78.0 cm³/mol. The lowest BCUT2D eigenvalue weighted by Crippen LogP contribution is -2.07. The Kier molecular flexibility index (Phi) is 4.22. The molecule has 2 N–H and O–H groups in total. The maximum atomic E-state index is 13.9. The van der Waals surface area contributed by atoms with Crippen LogP contribution in [0.5, 0.6) is 11.5 Å². The maximum absolute atomic E-state index is 13.9. The molecular formula is C15H15BrFNO. The summed E-state index contributed by atoms with van der Waals surface area (Å²) in [5.41, 5.74) is 7.42. The highest BCUT2D eigenvalue weighted by molar-refractivity contribution is 9.10. The molecule has 0 amide bonds. The number of benzene rings is 2. The van der Waals surface area contributed by atoms with Gasteiger partial charge in [-0.05, 0) is 43.7 Å². The lowest BCUT2D eigenvalue weighted by molar-refractivity contribution is 0.430. The van der Waals surface area contributed by atoms with Crippen molar-refractivity contribution >= 4 is 15.9 Å². The molecule has 0 saturated carbocycles. The van der Waals surface area contributed by atoms with Gasteiger partial charge in [-0.25, -0.2) is 4.39 Å². The van der Waals surface area contributed by atoms with E-state index in [-0.39, 0.29) is 11.8 Å². The van der Waals surface area contributed by atoms with Crippen LogP contribution in [0.3, 0.4) is 0 Å². The number of para-hydroxylation sites is 1. The molecule has 0 heterocycles. The summed E-state index contributed by atoms with van der Waals surface area (Å²) in [5.74, 6) is 0.412. The minimum absolute atomic E-state index is 0.197. The van der Waals surface area contributed by atoms with E-state index < -0.39 is 5.82 Å². The quantitative estimate of drug-likeness (QED) is 0.887. The molecule has 4 heteroatoms. The van der Waals surface area contributed by atoms with Gasteiger partial charge in [0.15, 0.2) is 11.6 Å². The zero-order valence-electron chi connectivity index (χ0n) is 10.8. The first-order chi connectivity index (χ1) is 8.99. The van der Waals surface area contributed by atoms with Crippen LogP contribution in [0.1, 0.15) is 24.1 Å². The topological polar surface area (TPSA) is 35.2 Å². The second kappa shape index (κ2) is 5.72. The minimum atomic E-state index is -0.405. The Balaban J connectivity index is 2.43. The van der Waals surface area contributed by atoms with E-state index in [0.29, 0.717) is 11.3 Å². The number of ether oxygens (including phenoxy) is 1. The van der Waals surface area contributed by atoms with Crippen LogP contribution in [0.25, 0.3) is 0 Å².